The Labute approximate surface area is 96.7 Å². The Hall–Kier alpha value is -0.640. The average Bonchev–Trinajstić information content (AvgIpc) is 2.15. The lowest BCUT2D eigenvalue weighted by Gasteiger charge is -2.18. The highest BCUT2D eigenvalue weighted by Crippen LogP contribution is 2.09. The van der Waals surface area contributed by atoms with Crippen molar-refractivity contribution in [2.45, 2.75) is 6.54 Å². The highest BCUT2D eigenvalue weighted by molar-refractivity contribution is 6.30. The highest BCUT2D eigenvalue weighted by Gasteiger charge is 2.02. The molecule has 0 N–H and O–H groups in total. The number of likely N-dealkylation sites (N-methyl/N-ethyl adjacent to an activating group) is 2. The summed E-state index contributed by atoms with van der Waals surface area (Å²) in [6.07, 6.45) is 1.75. The Kier molecular flexibility index (Phi) is 5.02. The standard InChI is InChI=1S/C11H18ClN3/c1-14(2)6-7-15(3)9-11-8-10(12)4-5-13-11/h4-5,8H,6-7,9H2,1-3H3. The van der Waals surface area contributed by atoms with Crippen molar-refractivity contribution >= 4 is 11.6 Å². The first-order valence-electron chi connectivity index (χ1n) is 5.01. The van der Waals surface area contributed by atoms with Gasteiger partial charge in [0.15, 0.2) is 0 Å². The molecule has 0 fully saturated rings. The molecule has 0 unspecified atom stereocenters. The van der Waals surface area contributed by atoms with Crippen LogP contribution in [-0.2, 0) is 6.54 Å². The lowest BCUT2D eigenvalue weighted by atomic mass is 10.3. The van der Waals surface area contributed by atoms with E-state index in [0.29, 0.717) is 0 Å². The molecule has 0 aliphatic carbocycles. The molecule has 0 aliphatic heterocycles. The van der Waals surface area contributed by atoms with Crippen molar-refractivity contribution in [2.24, 2.45) is 0 Å². The Bertz CT molecular complexity index is 302. The largest absolute Gasteiger partial charge is 0.308 e. The van der Waals surface area contributed by atoms with Crippen molar-refractivity contribution in [3.63, 3.8) is 0 Å². The molecule has 0 amide bonds. The Morgan fingerprint density at radius 2 is 2.00 bits per heavy atom. The van der Waals surface area contributed by atoms with Crippen LogP contribution in [0, 0.1) is 0 Å². The first-order chi connectivity index (χ1) is 7.08. The zero-order valence-corrected chi connectivity index (χ0v) is 10.3. The molecular formula is C11H18ClN3. The van der Waals surface area contributed by atoms with Crippen LogP contribution in [0.15, 0.2) is 18.3 Å². The summed E-state index contributed by atoms with van der Waals surface area (Å²) in [6, 6.07) is 3.71. The molecule has 0 spiro atoms. The molecule has 1 heterocycles. The molecule has 0 saturated carbocycles. The molecule has 0 atom stereocenters. The number of aromatic nitrogens is 1. The molecule has 0 aromatic carbocycles. The predicted octanol–water partition coefficient (Wildman–Crippen LogP) is 1.73. The van der Waals surface area contributed by atoms with Crippen LogP contribution in [0.3, 0.4) is 0 Å². The van der Waals surface area contributed by atoms with Crippen LogP contribution >= 0.6 is 11.6 Å². The molecule has 0 bridgehead atoms. The van der Waals surface area contributed by atoms with Gasteiger partial charge in [0.25, 0.3) is 0 Å². The minimum absolute atomic E-state index is 0.751. The van der Waals surface area contributed by atoms with E-state index in [2.05, 4.69) is 35.9 Å². The summed E-state index contributed by atoms with van der Waals surface area (Å²) in [5.41, 5.74) is 1.02. The summed E-state index contributed by atoms with van der Waals surface area (Å²) in [5.74, 6) is 0. The number of halogens is 1. The van der Waals surface area contributed by atoms with Crippen molar-refractivity contribution in [3.05, 3.63) is 29.0 Å². The third-order valence-corrected chi connectivity index (χ3v) is 2.37. The first kappa shape index (κ1) is 12.4. The van der Waals surface area contributed by atoms with Gasteiger partial charge in [-0.05, 0) is 33.3 Å². The highest BCUT2D eigenvalue weighted by atomic mass is 35.5. The van der Waals surface area contributed by atoms with E-state index < -0.39 is 0 Å². The lowest BCUT2D eigenvalue weighted by molar-refractivity contribution is 0.274. The summed E-state index contributed by atoms with van der Waals surface area (Å²) >= 11 is 5.89. The minimum atomic E-state index is 0.751. The fourth-order valence-electron chi connectivity index (χ4n) is 1.26. The molecule has 0 saturated heterocycles. The van der Waals surface area contributed by atoms with Gasteiger partial charge in [-0.3, -0.25) is 9.88 Å². The molecule has 1 aromatic rings. The predicted molar refractivity (Wildman–Crippen MR) is 64.1 cm³/mol. The van der Waals surface area contributed by atoms with Crippen LogP contribution in [0.25, 0.3) is 0 Å². The van der Waals surface area contributed by atoms with Gasteiger partial charge >= 0.3 is 0 Å². The SMILES string of the molecule is CN(C)CCN(C)Cc1cc(Cl)ccn1. The average molecular weight is 228 g/mol. The number of nitrogens with zero attached hydrogens (tertiary/aromatic N) is 3. The van der Waals surface area contributed by atoms with E-state index >= 15 is 0 Å². The van der Waals surface area contributed by atoms with Gasteiger partial charge in [-0.25, -0.2) is 0 Å². The quantitative estimate of drug-likeness (QED) is 0.764. The van der Waals surface area contributed by atoms with E-state index in [4.69, 9.17) is 11.6 Å². The van der Waals surface area contributed by atoms with Gasteiger partial charge in [0, 0.05) is 30.9 Å². The van der Waals surface area contributed by atoms with Crippen molar-refractivity contribution in [3.8, 4) is 0 Å². The van der Waals surface area contributed by atoms with Gasteiger partial charge in [0.05, 0.1) is 5.69 Å². The van der Waals surface area contributed by atoms with Crippen LogP contribution in [0.1, 0.15) is 5.69 Å². The van der Waals surface area contributed by atoms with Gasteiger partial charge in [-0.2, -0.15) is 0 Å². The molecule has 1 rings (SSSR count). The summed E-state index contributed by atoms with van der Waals surface area (Å²) in [6.45, 7) is 2.92. The van der Waals surface area contributed by atoms with Crippen molar-refractivity contribution in [1.82, 2.24) is 14.8 Å². The second kappa shape index (κ2) is 6.05. The van der Waals surface area contributed by atoms with E-state index in [1.54, 1.807) is 12.3 Å². The Morgan fingerprint density at radius 3 is 2.60 bits per heavy atom. The zero-order chi connectivity index (χ0) is 11.3. The fourth-order valence-corrected chi connectivity index (χ4v) is 1.44. The maximum absolute atomic E-state index is 5.89. The fraction of sp³-hybridized carbons (Fsp3) is 0.545. The second-order valence-corrected chi connectivity index (χ2v) is 4.44. The smallest absolute Gasteiger partial charge is 0.0558 e. The van der Waals surface area contributed by atoms with Gasteiger partial charge in [-0.1, -0.05) is 11.6 Å². The molecule has 15 heavy (non-hydrogen) atoms. The van der Waals surface area contributed by atoms with Crippen LogP contribution in [0.5, 0.6) is 0 Å². The summed E-state index contributed by atoms with van der Waals surface area (Å²) in [4.78, 5) is 8.67. The minimum Gasteiger partial charge on any atom is -0.308 e. The molecule has 3 nitrogen and oxygen atoms in total. The second-order valence-electron chi connectivity index (χ2n) is 4.01. The van der Waals surface area contributed by atoms with E-state index in [9.17, 15) is 0 Å². The van der Waals surface area contributed by atoms with Gasteiger partial charge in [0.1, 0.15) is 0 Å². The maximum Gasteiger partial charge on any atom is 0.0558 e. The van der Waals surface area contributed by atoms with E-state index in [1.165, 1.54) is 0 Å². The normalized spacial score (nSPS) is 11.3. The van der Waals surface area contributed by atoms with Gasteiger partial charge in [0.2, 0.25) is 0 Å². The van der Waals surface area contributed by atoms with E-state index in [0.717, 1.165) is 30.4 Å². The van der Waals surface area contributed by atoms with Crippen molar-refractivity contribution in [1.29, 1.82) is 0 Å². The lowest BCUT2D eigenvalue weighted by Crippen LogP contribution is -2.28. The summed E-state index contributed by atoms with van der Waals surface area (Å²) in [7, 11) is 6.24. The molecule has 4 heteroatoms. The maximum atomic E-state index is 5.89. The molecule has 0 radical (unpaired) electrons. The number of hydrogen-bond donors (Lipinski definition) is 0. The monoisotopic (exact) mass is 227 g/mol. The van der Waals surface area contributed by atoms with Crippen molar-refractivity contribution < 1.29 is 0 Å². The van der Waals surface area contributed by atoms with Gasteiger partial charge in [-0.15, -0.1) is 0 Å². The number of pyridine rings is 1. The third-order valence-electron chi connectivity index (χ3n) is 2.14. The van der Waals surface area contributed by atoms with E-state index in [1.807, 2.05) is 6.07 Å². The topological polar surface area (TPSA) is 19.4 Å². The third kappa shape index (κ3) is 5.11. The number of rotatable bonds is 5. The van der Waals surface area contributed by atoms with Crippen LogP contribution < -0.4 is 0 Å². The Balaban J connectivity index is 2.40. The molecule has 0 aliphatic rings. The molecule has 84 valence electrons. The molecule has 1 aromatic heterocycles. The van der Waals surface area contributed by atoms with Gasteiger partial charge < -0.3 is 4.90 Å². The van der Waals surface area contributed by atoms with Crippen LogP contribution in [-0.4, -0.2) is 49.0 Å². The van der Waals surface area contributed by atoms with Crippen molar-refractivity contribution in [2.75, 3.05) is 34.2 Å². The number of hydrogen-bond acceptors (Lipinski definition) is 3. The molecular weight excluding hydrogens is 210 g/mol. The van der Waals surface area contributed by atoms with E-state index in [-0.39, 0.29) is 0 Å². The first-order valence-corrected chi connectivity index (χ1v) is 5.39. The zero-order valence-electron chi connectivity index (χ0n) is 9.57. The van der Waals surface area contributed by atoms with Crippen LogP contribution in [0.4, 0.5) is 0 Å². The summed E-state index contributed by atoms with van der Waals surface area (Å²) in [5, 5.41) is 0.751. The summed E-state index contributed by atoms with van der Waals surface area (Å²) < 4.78 is 0. The Morgan fingerprint density at radius 1 is 1.27 bits per heavy atom. The van der Waals surface area contributed by atoms with Crippen LogP contribution in [0.2, 0.25) is 5.02 Å².